The zero-order valence-electron chi connectivity index (χ0n) is 20.7. The first-order chi connectivity index (χ1) is 15.2. The minimum absolute atomic E-state index is 0.0619. The molecule has 1 heterocycles. The lowest BCUT2D eigenvalue weighted by Crippen LogP contribution is -2.48. The van der Waals surface area contributed by atoms with Crippen LogP contribution in [0.2, 0.25) is 0 Å². The Balaban J connectivity index is 2.19. The zero-order valence-corrected chi connectivity index (χ0v) is 20.7. The van der Waals surface area contributed by atoms with Gasteiger partial charge in [-0.1, -0.05) is 0 Å². The maximum atomic E-state index is 12.7. The molecule has 0 unspecified atom stereocenters. The number of carbonyl (C=O) groups excluding carboxylic acids is 2. The highest BCUT2D eigenvalue weighted by Crippen LogP contribution is 2.24. The van der Waals surface area contributed by atoms with E-state index in [1.54, 1.807) is 53.7 Å². The van der Waals surface area contributed by atoms with Crippen molar-refractivity contribution in [3.8, 4) is 0 Å². The highest BCUT2D eigenvalue weighted by molar-refractivity contribution is 5.93. The maximum Gasteiger partial charge on any atom is 0.412 e. The first-order valence-corrected chi connectivity index (χ1v) is 10.9. The standard InChI is InChI=1S/C23H35N5O5/c1-14-15(26-21(31)33-22(2,3)4)10-11-16-17(14)18(29)32-20(25-16)27-23(5,6)19(30)24-12-9-13-28(7)8/h10-11H,9,12-13H2,1-8H3,(H,24,30)(H,25,27)(H,26,31). The summed E-state index contributed by atoms with van der Waals surface area (Å²) in [4.78, 5) is 43.8. The van der Waals surface area contributed by atoms with Crippen LogP contribution in [0.4, 0.5) is 16.5 Å². The van der Waals surface area contributed by atoms with Crippen LogP contribution < -0.4 is 21.6 Å². The molecule has 1 aromatic carbocycles. The molecule has 1 aromatic heterocycles. The second kappa shape index (κ2) is 10.2. The van der Waals surface area contributed by atoms with E-state index in [9.17, 15) is 14.4 Å². The Labute approximate surface area is 194 Å². The van der Waals surface area contributed by atoms with Crippen LogP contribution >= 0.6 is 0 Å². The van der Waals surface area contributed by atoms with Gasteiger partial charge in [-0.2, -0.15) is 4.98 Å². The van der Waals surface area contributed by atoms with Crippen LogP contribution in [0.3, 0.4) is 0 Å². The molecule has 0 radical (unpaired) electrons. The fraction of sp³-hybridized carbons (Fsp3) is 0.565. The minimum Gasteiger partial charge on any atom is -0.444 e. The highest BCUT2D eigenvalue weighted by atomic mass is 16.6. The molecule has 0 fully saturated rings. The fourth-order valence-corrected chi connectivity index (χ4v) is 3.06. The molecule has 0 spiro atoms. The van der Waals surface area contributed by atoms with Crippen molar-refractivity contribution in [3.63, 3.8) is 0 Å². The number of anilines is 2. The Morgan fingerprint density at radius 1 is 1.15 bits per heavy atom. The van der Waals surface area contributed by atoms with Gasteiger partial charge in [-0.15, -0.1) is 0 Å². The average Bonchev–Trinajstić information content (AvgIpc) is 2.65. The molecular weight excluding hydrogens is 426 g/mol. The summed E-state index contributed by atoms with van der Waals surface area (Å²) in [6, 6.07) is 3.18. The van der Waals surface area contributed by atoms with E-state index in [2.05, 4.69) is 20.9 Å². The summed E-state index contributed by atoms with van der Waals surface area (Å²) in [5.41, 5.74) is -1.03. The van der Waals surface area contributed by atoms with Gasteiger partial charge in [0.15, 0.2) is 0 Å². The SMILES string of the molecule is Cc1c(NC(=O)OC(C)(C)C)ccc2nc(NC(C)(C)C(=O)NCCCN(C)C)oc(=O)c12. The number of hydrogen-bond acceptors (Lipinski definition) is 8. The van der Waals surface area contributed by atoms with E-state index in [1.165, 1.54) is 0 Å². The van der Waals surface area contributed by atoms with Gasteiger partial charge in [-0.25, -0.2) is 9.59 Å². The molecule has 2 amide bonds. The number of rotatable bonds is 8. The number of nitrogens with one attached hydrogen (secondary N) is 3. The van der Waals surface area contributed by atoms with E-state index >= 15 is 0 Å². The van der Waals surface area contributed by atoms with Gasteiger partial charge in [0.1, 0.15) is 11.1 Å². The molecule has 0 aliphatic carbocycles. The summed E-state index contributed by atoms with van der Waals surface area (Å²) in [6.45, 7) is 11.7. The number of nitrogens with zero attached hydrogens (tertiary/aromatic N) is 2. The lowest BCUT2D eigenvalue weighted by atomic mass is 10.0. The summed E-state index contributed by atoms with van der Waals surface area (Å²) >= 11 is 0. The van der Waals surface area contributed by atoms with E-state index in [0.717, 1.165) is 13.0 Å². The van der Waals surface area contributed by atoms with Crippen LogP contribution in [0.15, 0.2) is 21.3 Å². The third kappa shape index (κ3) is 7.45. The molecule has 3 N–H and O–H groups in total. The van der Waals surface area contributed by atoms with Crippen molar-refractivity contribution in [3.05, 3.63) is 28.1 Å². The number of aromatic nitrogens is 1. The number of benzene rings is 1. The van der Waals surface area contributed by atoms with E-state index in [4.69, 9.17) is 9.15 Å². The van der Waals surface area contributed by atoms with Crippen LogP contribution in [0.5, 0.6) is 0 Å². The molecule has 182 valence electrons. The average molecular weight is 462 g/mol. The number of aryl methyl sites for hydroxylation is 1. The molecular formula is C23H35N5O5. The van der Waals surface area contributed by atoms with Gasteiger partial charge < -0.3 is 24.7 Å². The normalized spacial score (nSPS) is 12.0. The molecule has 0 saturated carbocycles. The molecule has 0 aliphatic rings. The molecule has 33 heavy (non-hydrogen) atoms. The quantitative estimate of drug-likeness (QED) is 0.512. The predicted octanol–water partition coefficient (Wildman–Crippen LogP) is 3.10. The second-order valence-corrected chi connectivity index (χ2v) is 9.73. The van der Waals surface area contributed by atoms with Crippen LogP contribution in [0.1, 0.15) is 46.6 Å². The first-order valence-electron chi connectivity index (χ1n) is 10.9. The molecule has 10 nitrogen and oxygen atoms in total. The Bertz CT molecular complexity index is 1070. The van der Waals surface area contributed by atoms with Gasteiger partial charge in [0, 0.05) is 12.2 Å². The lowest BCUT2D eigenvalue weighted by Gasteiger charge is -2.25. The smallest absolute Gasteiger partial charge is 0.412 e. The van der Waals surface area contributed by atoms with E-state index in [1.807, 2.05) is 19.0 Å². The minimum atomic E-state index is -1.05. The highest BCUT2D eigenvalue weighted by Gasteiger charge is 2.29. The van der Waals surface area contributed by atoms with Crippen molar-refractivity contribution < 1.29 is 18.7 Å². The van der Waals surface area contributed by atoms with Crippen molar-refractivity contribution in [2.75, 3.05) is 37.8 Å². The summed E-state index contributed by atoms with van der Waals surface area (Å²) in [5, 5.41) is 8.66. The van der Waals surface area contributed by atoms with E-state index < -0.39 is 22.9 Å². The maximum absolute atomic E-state index is 12.7. The molecule has 0 saturated heterocycles. The summed E-state index contributed by atoms with van der Waals surface area (Å²) in [7, 11) is 3.94. The van der Waals surface area contributed by atoms with Gasteiger partial charge in [-0.05, 0) is 86.3 Å². The lowest BCUT2D eigenvalue weighted by molar-refractivity contribution is -0.124. The van der Waals surface area contributed by atoms with Crippen molar-refractivity contribution in [2.24, 2.45) is 0 Å². The van der Waals surface area contributed by atoms with Crippen molar-refractivity contribution in [1.82, 2.24) is 15.2 Å². The number of carbonyl (C=O) groups is 2. The van der Waals surface area contributed by atoms with Crippen molar-refractivity contribution >= 4 is 34.6 Å². The van der Waals surface area contributed by atoms with E-state index in [-0.39, 0.29) is 17.3 Å². The molecule has 0 bridgehead atoms. The Hall–Kier alpha value is -3.14. The summed E-state index contributed by atoms with van der Waals surface area (Å²) in [6.07, 6.45) is 0.191. The Kier molecular flexibility index (Phi) is 8.07. The molecule has 2 aromatic rings. The monoisotopic (exact) mass is 461 g/mol. The summed E-state index contributed by atoms with van der Waals surface area (Å²) in [5.74, 6) is -0.237. The van der Waals surface area contributed by atoms with Gasteiger partial charge in [0.2, 0.25) is 5.91 Å². The van der Waals surface area contributed by atoms with Crippen LogP contribution in [0, 0.1) is 6.92 Å². The molecule has 2 rings (SSSR count). The first kappa shape index (κ1) is 26.1. The molecule has 0 aliphatic heterocycles. The topological polar surface area (TPSA) is 126 Å². The number of ether oxygens (including phenoxy) is 1. The van der Waals surface area contributed by atoms with Gasteiger partial charge >= 0.3 is 11.7 Å². The van der Waals surface area contributed by atoms with E-state index in [0.29, 0.717) is 23.3 Å². The van der Waals surface area contributed by atoms with Gasteiger partial charge in [0.25, 0.3) is 6.01 Å². The summed E-state index contributed by atoms with van der Waals surface area (Å²) < 4.78 is 10.6. The Morgan fingerprint density at radius 3 is 2.42 bits per heavy atom. The van der Waals surface area contributed by atoms with Crippen molar-refractivity contribution in [1.29, 1.82) is 0 Å². The fourth-order valence-electron chi connectivity index (χ4n) is 3.06. The third-order valence-corrected chi connectivity index (χ3v) is 4.75. The van der Waals surface area contributed by atoms with Crippen LogP contribution in [-0.4, -0.2) is 60.2 Å². The number of amides is 2. The van der Waals surface area contributed by atoms with Crippen LogP contribution in [0.25, 0.3) is 10.9 Å². The predicted molar refractivity (Wildman–Crippen MR) is 129 cm³/mol. The van der Waals surface area contributed by atoms with Gasteiger partial charge in [0.05, 0.1) is 10.9 Å². The molecule has 10 heteroatoms. The zero-order chi connectivity index (χ0) is 25.0. The number of fused-ring (bicyclic) bond motifs is 1. The largest absolute Gasteiger partial charge is 0.444 e. The van der Waals surface area contributed by atoms with Crippen LogP contribution in [-0.2, 0) is 9.53 Å². The second-order valence-electron chi connectivity index (χ2n) is 9.73. The number of hydrogen-bond donors (Lipinski definition) is 3. The third-order valence-electron chi connectivity index (χ3n) is 4.75. The van der Waals surface area contributed by atoms with Crippen molar-refractivity contribution in [2.45, 2.75) is 59.1 Å². The Morgan fingerprint density at radius 2 is 1.82 bits per heavy atom. The molecule has 0 atom stereocenters. The van der Waals surface area contributed by atoms with Gasteiger partial charge in [-0.3, -0.25) is 10.1 Å².